The van der Waals surface area contributed by atoms with Crippen LogP contribution in [0.2, 0.25) is 0 Å². The maximum absolute atomic E-state index is 11.7. The lowest BCUT2D eigenvalue weighted by atomic mass is 10.2. The van der Waals surface area contributed by atoms with Gasteiger partial charge in [0.05, 0.1) is 22.9 Å². The lowest BCUT2D eigenvalue weighted by Crippen LogP contribution is -2.37. The smallest absolute Gasteiger partial charge is 0.239 e. The molecular weight excluding hydrogens is 296 g/mol. The van der Waals surface area contributed by atoms with Crippen LogP contribution >= 0.6 is 15.9 Å². The maximum Gasteiger partial charge on any atom is 0.239 e. The highest BCUT2D eigenvalue weighted by atomic mass is 79.9. The predicted octanol–water partition coefficient (Wildman–Crippen LogP) is 1.63. The van der Waals surface area contributed by atoms with Gasteiger partial charge in [-0.15, -0.1) is 0 Å². The van der Waals surface area contributed by atoms with Gasteiger partial charge in [0.25, 0.3) is 0 Å². The van der Waals surface area contributed by atoms with E-state index in [-0.39, 0.29) is 12.5 Å². The van der Waals surface area contributed by atoms with Crippen LogP contribution in [0.15, 0.2) is 16.7 Å². The minimum Gasteiger partial charge on any atom is -0.397 e. The molecule has 3 N–H and O–H groups in total. The van der Waals surface area contributed by atoms with Gasteiger partial charge in [-0.3, -0.25) is 4.79 Å². The van der Waals surface area contributed by atoms with Crippen LogP contribution < -0.4 is 16.0 Å². The quantitative estimate of drug-likeness (QED) is 0.866. The Kier molecular flexibility index (Phi) is 5.40. The Bertz CT molecular complexity index is 423. The highest BCUT2D eigenvalue weighted by Gasteiger charge is 2.11. The molecule has 0 radical (unpaired) electrons. The van der Waals surface area contributed by atoms with E-state index in [0.717, 1.165) is 4.47 Å². The molecule has 0 unspecified atom stereocenters. The number of nitrogens with two attached hydrogens (primary N) is 1. The Balaban J connectivity index is 2.59. The number of aromatic nitrogens is 1. The summed E-state index contributed by atoms with van der Waals surface area (Å²) in [6.45, 7) is 5.06. The zero-order chi connectivity index (χ0) is 13.7. The normalized spacial score (nSPS) is 10.5. The van der Waals surface area contributed by atoms with E-state index in [0.29, 0.717) is 24.0 Å². The molecule has 0 saturated carbocycles. The molecular formula is C12H19BrN4O. The van der Waals surface area contributed by atoms with Crippen molar-refractivity contribution in [3.05, 3.63) is 16.7 Å². The summed E-state index contributed by atoms with van der Waals surface area (Å²) < 4.78 is 0.779. The Labute approximate surface area is 116 Å². The van der Waals surface area contributed by atoms with Crippen LogP contribution in [0.3, 0.4) is 0 Å². The van der Waals surface area contributed by atoms with Crippen LogP contribution in [0, 0.1) is 5.92 Å². The number of hydrogen-bond donors (Lipinski definition) is 2. The maximum atomic E-state index is 11.7. The first-order chi connectivity index (χ1) is 8.40. The minimum atomic E-state index is -0.0169. The Hall–Kier alpha value is -1.30. The van der Waals surface area contributed by atoms with Crippen molar-refractivity contribution >= 4 is 33.3 Å². The fourth-order valence-electron chi connectivity index (χ4n) is 1.39. The molecule has 0 saturated heterocycles. The molecule has 0 aromatic carbocycles. The molecule has 0 fully saturated rings. The zero-order valence-corrected chi connectivity index (χ0v) is 12.5. The molecule has 18 heavy (non-hydrogen) atoms. The number of carbonyl (C=O) groups excluding carboxylic acids is 1. The van der Waals surface area contributed by atoms with Gasteiger partial charge in [0.2, 0.25) is 5.91 Å². The topological polar surface area (TPSA) is 71.2 Å². The third-order valence-corrected chi connectivity index (χ3v) is 2.88. The summed E-state index contributed by atoms with van der Waals surface area (Å²) in [5.74, 6) is 1.13. The van der Waals surface area contributed by atoms with Crippen molar-refractivity contribution in [1.29, 1.82) is 0 Å². The lowest BCUT2D eigenvalue weighted by molar-refractivity contribution is -0.119. The summed E-state index contributed by atoms with van der Waals surface area (Å²) in [5, 5.41) is 2.87. The molecule has 0 aliphatic heterocycles. The fraction of sp³-hybridized carbons (Fsp3) is 0.500. The summed E-state index contributed by atoms with van der Waals surface area (Å²) in [5.41, 5.74) is 6.21. The number of rotatable bonds is 5. The van der Waals surface area contributed by atoms with E-state index in [9.17, 15) is 4.79 Å². The largest absolute Gasteiger partial charge is 0.397 e. The van der Waals surface area contributed by atoms with Gasteiger partial charge in [0.15, 0.2) is 0 Å². The molecule has 0 aliphatic rings. The van der Waals surface area contributed by atoms with E-state index in [4.69, 9.17) is 5.73 Å². The third kappa shape index (κ3) is 4.52. The lowest BCUT2D eigenvalue weighted by Gasteiger charge is -2.19. The SMILES string of the molecule is CC(C)CNC(=O)CN(C)c1ncc(N)cc1Br. The van der Waals surface area contributed by atoms with Crippen molar-refractivity contribution in [2.45, 2.75) is 13.8 Å². The molecule has 1 amide bonds. The second-order valence-corrected chi connectivity index (χ2v) is 5.48. The number of carbonyl (C=O) groups is 1. The Morgan fingerprint density at radius 2 is 2.28 bits per heavy atom. The summed E-state index contributed by atoms with van der Waals surface area (Å²) >= 11 is 3.38. The zero-order valence-electron chi connectivity index (χ0n) is 10.9. The number of anilines is 2. The second-order valence-electron chi connectivity index (χ2n) is 4.63. The van der Waals surface area contributed by atoms with Gasteiger partial charge in [-0.25, -0.2) is 4.98 Å². The van der Waals surface area contributed by atoms with Crippen molar-refractivity contribution in [1.82, 2.24) is 10.3 Å². The fourth-order valence-corrected chi connectivity index (χ4v) is 2.06. The molecule has 1 heterocycles. The van der Waals surface area contributed by atoms with Crippen molar-refractivity contribution in [3.8, 4) is 0 Å². The molecule has 0 aliphatic carbocycles. The Morgan fingerprint density at radius 1 is 1.61 bits per heavy atom. The first kappa shape index (κ1) is 14.8. The van der Waals surface area contributed by atoms with Crippen LogP contribution in [-0.2, 0) is 4.79 Å². The van der Waals surface area contributed by atoms with Crippen molar-refractivity contribution in [2.75, 3.05) is 30.8 Å². The molecule has 100 valence electrons. The summed E-state index contributed by atoms with van der Waals surface area (Å²) in [6, 6.07) is 1.77. The van der Waals surface area contributed by atoms with Crippen LogP contribution in [0.4, 0.5) is 11.5 Å². The number of amides is 1. The number of halogens is 1. The molecule has 6 heteroatoms. The molecule has 0 bridgehead atoms. The third-order valence-electron chi connectivity index (χ3n) is 2.29. The molecule has 1 aromatic rings. The number of pyridine rings is 1. The van der Waals surface area contributed by atoms with Crippen molar-refractivity contribution in [3.63, 3.8) is 0 Å². The summed E-state index contributed by atoms with van der Waals surface area (Å²) in [7, 11) is 1.82. The molecule has 5 nitrogen and oxygen atoms in total. The predicted molar refractivity (Wildman–Crippen MR) is 77.5 cm³/mol. The number of hydrogen-bond acceptors (Lipinski definition) is 4. The van der Waals surface area contributed by atoms with Crippen LogP contribution in [0.1, 0.15) is 13.8 Å². The van der Waals surface area contributed by atoms with E-state index in [1.54, 1.807) is 17.2 Å². The standard InChI is InChI=1S/C12H19BrN4O/c1-8(2)5-15-11(18)7-17(3)12-10(13)4-9(14)6-16-12/h4,6,8H,5,7,14H2,1-3H3,(H,15,18). The molecule has 1 rings (SSSR count). The number of likely N-dealkylation sites (N-methyl/N-ethyl adjacent to an activating group) is 1. The summed E-state index contributed by atoms with van der Waals surface area (Å²) in [6.07, 6.45) is 1.57. The van der Waals surface area contributed by atoms with E-state index in [2.05, 4.69) is 40.1 Å². The molecule has 1 aromatic heterocycles. The van der Waals surface area contributed by atoms with Gasteiger partial charge >= 0.3 is 0 Å². The molecule has 0 spiro atoms. The van der Waals surface area contributed by atoms with E-state index in [1.165, 1.54) is 0 Å². The molecule has 0 atom stereocenters. The number of nitrogens with zero attached hydrogens (tertiary/aromatic N) is 2. The average molecular weight is 315 g/mol. The van der Waals surface area contributed by atoms with Crippen molar-refractivity contribution < 1.29 is 4.79 Å². The van der Waals surface area contributed by atoms with Gasteiger partial charge in [0.1, 0.15) is 5.82 Å². The van der Waals surface area contributed by atoms with E-state index >= 15 is 0 Å². The second kappa shape index (κ2) is 6.58. The summed E-state index contributed by atoms with van der Waals surface area (Å²) in [4.78, 5) is 17.7. The van der Waals surface area contributed by atoms with Gasteiger partial charge in [-0.2, -0.15) is 0 Å². The van der Waals surface area contributed by atoms with E-state index in [1.807, 2.05) is 7.05 Å². The highest BCUT2D eigenvalue weighted by Crippen LogP contribution is 2.24. The number of nitrogen functional groups attached to an aromatic ring is 1. The van der Waals surface area contributed by atoms with Gasteiger partial charge in [-0.1, -0.05) is 13.8 Å². The van der Waals surface area contributed by atoms with Gasteiger partial charge < -0.3 is 16.0 Å². The van der Waals surface area contributed by atoms with Crippen LogP contribution in [-0.4, -0.2) is 31.0 Å². The first-order valence-corrected chi connectivity index (χ1v) is 6.58. The van der Waals surface area contributed by atoms with Gasteiger partial charge in [-0.05, 0) is 27.9 Å². The monoisotopic (exact) mass is 314 g/mol. The van der Waals surface area contributed by atoms with Gasteiger partial charge in [0, 0.05) is 13.6 Å². The van der Waals surface area contributed by atoms with Crippen LogP contribution in [0.5, 0.6) is 0 Å². The van der Waals surface area contributed by atoms with E-state index < -0.39 is 0 Å². The average Bonchev–Trinajstić information content (AvgIpc) is 2.26. The van der Waals surface area contributed by atoms with Crippen molar-refractivity contribution in [2.24, 2.45) is 5.92 Å². The minimum absolute atomic E-state index is 0.0169. The Morgan fingerprint density at radius 3 is 2.83 bits per heavy atom. The van der Waals surface area contributed by atoms with Crippen LogP contribution in [0.25, 0.3) is 0 Å². The first-order valence-electron chi connectivity index (χ1n) is 5.79. The highest BCUT2D eigenvalue weighted by molar-refractivity contribution is 9.10. The number of nitrogens with one attached hydrogen (secondary N) is 1.